The minimum atomic E-state index is -1.25. The second-order valence-corrected chi connectivity index (χ2v) is 3.88. The van der Waals surface area contributed by atoms with Crippen molar-refractivity contribution in [2.75, 3.05) is 5.32 Å². The summed E-state index contributed by atoms with van der Waals surface area (Å²) in [7, 11) is 0. The van der Waals surface area contributed by atoms with Crippen LogP contribution in [0.1, 0.15) is 18.9 Å². The lowest BCUT2D eigenvalue weighted by Gasteiger charge is -2.03. The number of nitrogens with zero attached hydrogens (tertiary/aromatic N) is 1. The maximum absolute atomic E-state index is 11.2. The molecule has 0 unspecified atom stereocenters. The fourth-order valence-electron chi connectivity index (χ4n) is 1.34. The van der Waals surface area contributed by atoms with Crippen LogP contribution in [0.3, 0.4) is 0 Å². The minimum Gasteiger partial charge on any atom is -0.477 e. The van der Waals surface area contributed by atoms with Crippen molar-refractivity contribution in [3.05, 3.63) is 47.6 Å². The van der Waals surface area contributed by atoms with Crippen LogP contribution in [-0.2, 0) is 9.59 Å². The summed E-state index contributed by atoms with van der Waals surface area (Å²) in [5.74, 6) is -1.31. The van der Waals surface area contributed by atoms with E-state index in [1.807, 2.05) is 0 Å². The zero-order chi connectivity index (χ0) is 15.0. The summed E-state index contributed by atoms with van der Waals surface area (Å²) >= 11 is 0. The zero-order valence-corrected chi connectivity index (χ0v) is 11.0. The molecule has 5 heteroatoms. The molecule has 0 aliphatic carbocycles. The molecule has 0 heterocycles. The minimum absolute atomic E-state index is 0.0589. The third-order valence-electron chi connectivity index (χ3n) is 2.42. The Morgan fingerprint density at radius 3 is 2.50 bits per heavy atom. The summed E-state index contributed by atoms with van der Waals surface area (Å²) in [4.78, 5) is 21.8. The number of rotatable bonds is 5. The summed E-state index contributed by atoms with van der Waals surface area (Å²) < 4.78 is 0. The number of carbonyl (C=O) groups is 2. The van der Waals surface area contributed by atoms with Gasteiger partial charge in [-0.2, -0.15) is 5.26 Å². The number of hydrogen-bond acceptors (Lipinski definition) is 3. The van der Waals surface area contributed by atoms with Gasteiger partial charge >= 0.3 is 5.97 Å². The lowest BCUT2D eigenvalue weighted by Crippen LogP contribution is -2.08. The van der Waals surface area contributed by atoms with Crippen LogP contribution in [0.2, 0.25) is 0 Å². The third kappa shape index (κ3) is 4.78. The van der Waals surface area contributed by atoms with Crippen molar-refractivity contribution in [3.63, 3.8) is 0 Å². The van der Waals surface area contributed by atoms with Gasteiger partial charge in [-0.15, -0.1) is 0 Å². The van der Waals surface area contributed by atoms with Crippen molar-refractivity contribution in [2.24, 2.45) is 0 Å². The second kappa shape index (κ2) is 7.54. The number of carbonyl (C=O) groups excluding carboxylic acids is 1. The first-order chi connectivity index (χ1) is 9.56. The number of carboxylic acids is 1. The van der Waals surface area contributed by atoms with Crippen molar-refractivity contribution in [2.45, 2.75) is 13.3 Å². The number of anilines is 1. The molecular weight excluding hydrogens is 256 g/mol. The third-order valence-corrected chi connectivity index (χ3v) is 2.42. The molecule has 1 amide bonds. The van der Waals surface area contributed by atoms with Gasteiger partial charge in [-0.05, 0) is 23.8 Å². The molecule has 0 aliphatic rings. The van der Waals surface area contributed by atoms with Crippen LogP contribution in [-0.4, -0.2) is 17.0 Å². The lowest BCUT2D eigenvalue weighted by molar-refractivity contribution is -0.132. The average Bonchev–Trinajstić information content (AvgIpc) is 2.44. The summed E-state index contributed by atoms with van der Waals surface area (Å²) in [6, 6.07) is 8.65. The topological polar surface area (TPSA) is 90.2 Å². The highest BCUT2D eigenvalue weighted by molar-refractivity contribution is 5.91. The van der Waals surface area contributed by atoms with Gasteiger partial charge in [0, 0.05) is 12.1 Å². The number of nitriles is 1. The van der Waals surface area contributed by atoms with Gasteiger partial charge in [0.05, 0.1) is 0 Å². The monoisotopic (exact) mass is 270 g/mol. The number of carboxylic acid groups (broad SMARTS) is 1. The number of aliphatic carboxylic acids is 1. The first-order valence-electron chi connectivity index (χ1n) is 5.98. The van der Waals surface area contributed by atoms with Crippen molar-refractivity contribution in [1.82, 2.24) is 0 Å². The Balaban J connectivity index is 2.73. The molecule has 0 saturated carbocycles. The Morgan fingerprint density at radius 1 is 1.35 bits per heavy atom. The van der Waals surface area contributed by atoms with E-state index in [1.54, 1.807) is 43.3 Å². The Hall–Kier alpha value is -2.87. The van der Waals surface area contributed by atoms with Crippen molar-refractivity contribution in [1.29, 1.82) is 5.26 Å². The zero-order valence-electron chi connectivity index (χ0n) is 11.0. The van der Waals surface area contributed by atoms with E-state index in [4.69, 9.17) is 10.4 Å². The Morgan fingerprint density at radius 2 is 2.00 bits per heavy atom. The Bertz CT molecular complexity index is 593. The molecule has 102 valence electrons. The van der Waals surface area contributed by atoms with E-state index < -0.39 is 5.97 Å². The standard InChI is InChI=1S/C15H14N2O3/c1-2-14(18)17-13-8-6-11(7-9-13)4-3-5-12(10-16)15(19)20/h3-9H,2H2,1H3,(H,17,18)(H,19,20)/b4-3+,12-5+. The van der Waals surface area contributed by atoms with E-state index in [2.05, 4.69) is 5.32 Å². The molecule has 1 rings (SSSR count). The molecule has 0 radical (unpaired) electrons. The van der Waals surface area contributed by atoms with Gasteiger partial charge < -0.3 is 10.4 Å². The van der Waals surface area contributed by atoms with Gasteiger partial charge in [-0.25, -0.2) is 4.79 Å². The molecule has 2 N–H and O–H groups in total. The summed E-state index contributed by atoms with van der Waals surface area (Å²) in [5, 5.41) is 19.9. The fourth-order valence-corrected chi connectivity index (χ4v) is 1.34. The van der Waals surface area contributed by atoms with Crippen molar-refractivity contribution >= 4 is 23.6 Å². The second-order valence-electron chi connectivity index (χ2n) is 3.88. The van der Waals surface area contributed by atoms with Crippen LogP contribution < -0.4 is 5.32 Å². The highest BCUT2D eigenvalue weighted by Gasteiger charge is 2.02. The van der Waals surface area contributed by atoms with Gasteiger partial charge in [0.25, 0.3) is 0 Å². The maximum Gasteiger partial charge on any atom is 0.346 e. The molecule has 5 nitrogen and oxygen atoms in total. The Labute approximate surface area is 116 Å². The van der Waals surface area contributed by atoms with Gasteiger partial charge in [0.2, 0.25) is 5.91 Å². The highest BCUT2D eigenvalue weighted by atomic mass is 16.4. The van der Waals surface area contributed by atoms with Crippen LogP contribution in [0.25, 0.3) is 6.08 Å². The first-order valence-corrected chi connectivity index (χ1v) is 5.98. The first kappa shape index (κ1) is 15.2. The number of benzene rings is 1. The van der Waals surface area contributed by atoms with Gasteiger partial charge in [0.1, 0.15) is 11.6 Å². The molecular formula is C15H14N2O3. The van der Waals surface area contributed by atoms with Crippen LogP contribution in [0.15, 0.2) is 42.0 Å². The molecule has 0 spiro atoms. The summed E-state index contributed by atoms with van der Waals surface area (Å²) in [6.45, 7) is 1.77. The van der Waals surface area contributed by atoms with Gasteiger partial charge in [0.15, 0.2) is 0 Å². The largest absolute Gasteiger partial charge is 0.477 e. The SMILES string of the molecule is CCC(=O)Nc1ccc(/C=C/C=C(\C#N)C(=O)O)cc1. The van der Waals surface area contributed by atoms with E-state index in [0.29, 0.717) is 12.1 Å². The van der Waals surface area contributed by atoms with Crippen molar-refractivity contribution in [3.8, 4) is 6.07 Å². The molecule has 0 bridgehead atoms. The number of amides is 1. The van der Waals surface area contributed by atoms with E-state index in [0.717, 1.165) is 5.56 Å². The normalized spacial score (nSPS) is 11.1. The Kier molecular flexibility index (Phi) is 5.73. The molecule has 1 aromatic carbocycles. The van der Waals surface area contributed by atoms with Crippen LogP contribution in [0.5, 0.6) is 0 Å². The summed E-state index contributed by atoms with van der Waals surface area (Å²) in [5.41, 5.74) is 1.21. The summed E-state index contributed by atoms with van der Waals surface area (Å²) in [6.07, 6.45) is 4.81. The van der Waals surface area contributed by atoms with Crippen LogP contribution in [0.4, 0.5) is 5.69 Å². The van der Waals surface area contributed by atoms with E-state index >= 15 is 0 Å². The molecule has 0 saturated heterocycles. The van der Waals surface area contributed by atoms with E-state index in [1.165, 1.54) is 12.2 Å². The molecule has 20 heavy (non-hydrogen) atoms. The lowest BCUT2D eigenvalue weighted by atomic mass is 10.1. The smallest absolute Gasteiger partial charge is 0.346 e. The maximum atomic E-state index is 11.2. The predicted octanol–water partition coefficient (Wildman–Crippen LogP) is 2.58. The van der Waals surface area contributed by atoms with Gasteiger partial charge in [-0.1, -0.05) is 31.2 Å². The number of nitrogens with one attached hydrogen (secondary N) is 1. The quantitative estimate of drug-likeness (QED) is 0.489. The molecule has 0 atom stereocenters. The average molecular weight is 270 g/mol. The van der Waals surface area contributed by atoms with Gasteiger partial charge in [-0.3, -0.25) is 4.79 Å². The molecule has 0 fully saturated rings. The van der Waals surface area contributed by atoms with Crippen LogP contribution >= 0.6 is 0 Å². The number of allylic oxidation sites excluding steroid dienone is 2. The van der Waals surface area contributed by atoms with Crippen LogP contribution in [0, 0.1) is 11.3 Å². The number of hydrogen-bond donors (Lipinski definition) is 2. The predicted molar refractivity (Wildman–Crippen MR) is 75.7 cm³/mol. The van der Waals surface area contributed by atoms with E-state index in [9.17, 15) is 9.59 Å². The molecule has 0 aliphatic heterocycles. The van der Waals surface area contributed by atoms with E-state index in [-0.39, 0.29) is 11.5 Å². The fraction of sp³-hybridized carbons (Fsp3) is 0.133. The molecule has 1 aromatic rings. The van der Waals surface area contributed by atoms with Crippen molar-refractivity contribution < 1.29 is 14.7 Å². The highest BCUT2D eigenvalue weighted by Crippen LogP contribution is 2.11. The molecule has 0 aromatic heterocycles.